The molecule has 0 spiro atoms. The maximum Gasteiger partial charge on any atom is 0.144 e. The third-order valence-corrected chi connectivity index (χ3v) is 5.29. The Balaban J connectivity index is 2.94. The second-order valence-electron chi connectivity index (χ2n) is 3.97. The van der Waals surface area contributed by atoms with Crippen molar-refractivity contribution < 1.29 is 4.39 Å². The Morgan fingerprint density at radius 1 is 1.33 bits per heavy atom. The highest BCUT2D eigenvalue weighted by Crippen LogP contribution is 2.30. The molecule has 0 N–H and O–H groups in total. The van der Waals surface area contributed by atoms with E-state index in [2.05, 4.69) is 38.8 Å². The molecule has 0 heterocycles. The van der Waals surface area contributed by atoms with Gasteiger partial charge < -0.3 is 0 Å². The summed E-state index contributed by atoms with van der Waals surface area (Å²) in [5.74, 6) is -0.299. The van der Waals surface area contributed by atoms with Crippen LogP contribution in [0.2, 0.25) is 5.02 Å². The van der Waals surface area contributed by atoms with E-state index in [1.165, 1.54) is 0 Å². The molecule has 0 saturated carbocycles. The van der Waals surface area contributed by atoms with Crippen LogP contribution < -0.4 is 0 Å². The number of hydrogen-bond acceptors (Lipinski definition) is 0. The fourth-order valence-corrected chi connectivity index (χ4v) is 2.79. The predicted octanol–water partition coefficient (Wildman–Crippen LogP) is 4.82. The van der Waals surface area contributed by atoms with Crippen molar-refractivity contribution in [3.8, 4) is 0 Å². The zero-order valence-electron chi connectivity index (χ0n) is 8.37. The summed E-state index contributed by atoms with van der Waals surface area (Å²) in [7, 11) is 0. The molecular weight excluding hydrogens is 346 g/mol. The summed E-state index contributed by atoms with van der Waals surface area (Å²) in [4.78, 5) is 0. The SMILES string of the molecule is CC(CBr)(CBr)Cc1cccc(Cl)c1F. The van der Waals surface area contributed by atoms with E-state index in [9.17, 15) is 4.39 Å². The summed E-state index contributed by atoms with van der Waals surface area (Å²) in [6.07, 6.45) is 0.663. The Kier molecular flexibility index (Phi) is 5.07. The average Bonchev–Trinajstić information content (AvgIpc) is 2.25. The molecule has 0 aliphatic carbocycles. The number of halogens is 4. The van der Waals surface area contributed by atoms with E-state index in [1.807, 2.05) is 0 Å². The van der Waals surface area contributed by atoms with Crippen LogP contribution >= 0.6 is 43.5 Å². The molecule has 0 unspecified atom stereocenters. The molecule has 0 amide bonds. The topological polar surface area (TPSA) is 0 Å². The molecule has 0 aliphatic rings. The lowest BCUT2D eigenvalue weighted by Crippen LogP contribution is -2.23. The predicted molar refractivity (Wildman–Crippen MR) is 70.8 cm³/mol. The number of hydrogen-bond donors (Lipinski definition) is 0. The molecule has 0 atom stereocenters. The largest absolute Gasteiger partial charge is 0.205 e. The van der Waals surface area contributed by atoms with Gasteiger partial charge in [0.1, 0.15) is 5.82 Å². The molecule has 0 aromatic heterocycles. The maximum atomic E-state index is 13.6. The summed E-state index contributed by atoms with van der Waals surface area (Å²) in [6, 6.07) is 5.13. The molecule has 0 aliphatic heterocycles. The Morgan fingerprint density at radius 3 is 2.47 bits per heavy atom. The molecule has 84 valence electrons. The van der Waals surface area contributed by atoms with Crippen LogP contribution in [0.5, 0.6) is 0 Å². The molecule has 0 saturated heterocycles. The third kappa shape index (κ3) is 3.43. The first-order valence-electron chi connectivity index (χ1n) is 4.57. The highest BCUT2D eigenvalue weighted by Gasteiger charge is 2.24. The van der Waals surface area contributed by atoms with Crippen LogP contribution in [-0.2, 0) is 6.42 Å². The van der Waals surface area contributed by atoms with Gasteiger partial charge in [-0.25, -0.2) is 4.39 Å². The second kappa shape index (κ2) is 5.65. The summed E-state index contributed by atoms with van der Waals surface area (Å²) in [5.41, 5.74) is 0.676. The number of rotatable bonds is 4. The van der Waals surface area contributed by atoms with E-state index < -0.39 is 0 Å². The van der Waals surface area contributed by atoms with Crippen LogP contribution in [-0.4, -0.2) is 10.7 Å². The standard InChI is InChI=1S/C11H12Br2ClF/c1-11(6-12,7-13)5-8-3-2-4-9(14)10(8)15/h2-4H,5-7H2,1H3. The first-order valence-corrected chi connectivity index (χ1v) is 7.19. The Labute approximate surface area is 111 Å². The molecule has 0 radical (unpaired) electrons. The minimum atomic E-state index is -0.299. The minimum Gasteiger partial charge on any atom is -0.205 e. The zero-order valence-corrected chi connectivity index (χ0v) is 12.3. The first-order chi connectivity index (χ1) is 7.02. The zero-order chi connectivity index (χ0) is 11.5. The molecule has 0 fully saturated rings. The Bertz CT molecular complexity index is 337. The van der Waals surface area contributed by atoms with Gasteiger partial charge in [0.15, 0.2) is 0 Å². The molecule has 15 heavy (non-hydrogen) atoms. The fraction of sp³-hybridized carbons (Fsp3) is 0.455. The second-order valence-corrected chi connectivity index (χ2v) is 5.50. The van der Waals surface area contributed by atoms with Crippen molar-refractivity contribution in [2.24, 2.45) is 5.41 Å². The van der Waals surface area contributed by atoms with Crippen molar-refractivity contribution in [2.75, 3.05) is 10.7 Å². The van der Waals surface area contributed by atoms with Crippen molar-refractivity contribution in [1.29, 1.82) is 0 Å². The summed E-state index contributed by atoms with van der Waals surface area (Å²) in [5, 5.41) is 1.83. The van der Waals surface area contributed by atoms with Crippen LogP contribution in [0.25, 0.3) is 0 Å². The molecular formula is C11H12Br2ClF. The van der Waals surface area contributed by atoms with Crippen molar-refractivity contribution in [3.63, 3.8) is 0 Å². The normalized spacial score (nSPS) is 11.8. The van der Waals surface area contributed by atoms with E-state index in [1.54, 1.807) is 18.2 Å². The van der Waals surface area contributed by atoms with Crippen molar-refractivity contribution in [2.45, 2.75) is 13.3 Å². The fourth-order valence-electron chi connectivity index (χ4n) is 1.27. The lowest BCUT2D eigenvalue weighted by atomic mass is 9.88. The smallest absolute Gasteiger partial charge is 0.144 e. The maximum absolute atomic E-state index is 13.6. The number of alkyl halides is 2. The van der Waals surface area contributed by atoms with E-state index in [-0.39, 0.29) is 16.3 Å². The van der Waals surface area contributed by atoms with Gasteiger partial charge in [0.2, 0.25) is 0 Å². The highest BCUT2D eigenvalue weighted by atomic mass is 79.9. The van der Waals surface area contributed by atoms with Gasteiger partial charge in [0.05, 0.1) is 5.02 Å². The molecule has 4 heteroatoms. The first kappa shape index (κ1) is 13.5. The van der Waals surface area contributed by atoms with E-state index >= 15 is 0 Å². The van der Waals surface area contributed by atoms with Crippen molar-refractivity contribution in [3.05, 3.63) is 34.6 Å². The van der Waals surface area contributed by atoms with E-state index in [4.69, 9.17) is 11.6 Å². The van der Waals surface area contributed by atoms with Crippen LogP contribution in [0.1, 0.15) is 12.5 Å². The van der Waals surface area contributed by atoms with Crippen molar-refractivity contribution >= 4 is 43.5 Å². The van der Waals surface area contributed by atoms with Gasteiger partial charge in [-0.1, -0.05) is 62.5 Å². The molecule has 0 bridgehead atoms. The quantitative estimate of drug-likeness (QED) is 0.677. The van der Waals surface area contributed by atoms with Crippen LogP contribution in [0, 0.1) is 11.2 Å². The van der Waals surface area contributed by atoms with Gasteiger partial charge in [-0.05, 0) is 23.5 Å². The molecule has 1 aromatic carbocycles. The summed E-state index contributed by atoms with van der Waals surface area (Å²) >= 11 is 12.6. The van der Waals surface area contributed by atoms with Gasteiger partial charge in [0.25, 0.3) is 0 Å². The van der Waals surface area contributed by atoms with Gasteiger partial charge >= 0.3 is 0 Å². The molecule has 1 aromatic rings. The Hall–Kier alpha value is 0.400. The van der Waals surface area contributed by atoms with E-state index in [0.29, 0.717) is 12.0 Å². The van der Waals surface area contributed by atoms with Gasteiger partial charge in [0, 0.05) is 10.7 Å². The molecule has 0 nitrogen and oxygen atoms in total. The summed E-state index contributed by atoms with van der Waals surface area (Å²) in [6.45, 7) is 2.09. The van der Waals surface area contributed by atoms with Gasteiger partial charge in [-0.2, -0.15) is 0 Å². The van der Waals surface area contributed by atoms with Gasteiger partial charge in [-0.15, -0.1) is 0 Å². The summed E-state index contributed by atoms with van der Waals surface area (Å²) < 4.78 is 13.6. The monoisotopic (exact) mass is 356 g/mol. The van der Waals surface area contributed by atoms with Crippen molar-refractivity contribution in [1.82, 2.24) is 0 Å². The lowest BCUT2D eigenvalue weighted by molar-refractivity contribution is 0.427. The third-order valence-electron chi connectivity index (χ3n) is 2.29. The average molecular weight is 358 g/mol. The lowest BCUT2D eigenvalue weighted by Gasteiger charge is -2.25. The van der Waals surface area contributed by atoms with Crippen LogP contribution in [0.15, 0.2) is 18.2 Å². The highest BCUT2D eigenvalue weighted by molar-refractivity contribution is 9.09. The molecule has 1 rings (SSSR count). The van der Waals surface area contributed by atoms with Gasteiger partial charge in [-0.3, -0.25) is 0 Å². The van der Waals surface area contributed by atoms with Crippen LogP contribution in [0.4, 0.5) is 4.39 Å². The minimum absolute atomic E-state index is 0.00548. The van der Waals surface area contributed by atoms with E-state index in [0.717, 1.165) is 10.7 Å². The Morgan fingerprint density at radius 2 is 1.93 bits per heavy atom. The van der Waals surface area contributed by atoms with Crippen LogP contribution in [0.3, 0.4) is 0 Å². The number of benzene rings is 1.